The molecule has 2 aromatic carbocycles. The SMILES string of the molecule is CCCCN(CCCC)C[C@@H](O)c1cc(-c2ccc(Cl)cc2)nc2c(C)cccc12. The molecule has 0 radical (unpaired) electrons. The molecule has 0 bridgehead atoms. The summed E-state index contributed by atoms with van der Waals surface area (Å²) in [5.41, 5.74) is 4.90. The normalized spacial score (nSPS) is 12.6. The van der Waals surface area contributed by atoms with E-state index < -0.39 is 6.10 Å². The van der Waals surface area contributed by atoms with Gasteiger partial charge >= 0.3 is 0 Å². The highest BCUT2D eigenvalue weighted by molar-refractivity contribution is 6.30. The van der Waals surface area contributed by atoms with Crippen molar-refractivity contribution < 1.29 is 5.11 Å². The molecule has 0 unspecified atom stereocenters. The van der Waals surface area contributed by atoms with Crippen LogP contribution in [0.15, 0.2) is 48.5 Å². The Kier molecular flexibility index (Phi) is 8.26. The van der Waals surface area contributed by atoms with E-state index in [9.17, 15) is 5.11 Å². The quantitative estimate of drug-likeness (QED) is 0.388. The number of aromatic nitrogens is 1. The van der Waals surface area contributed by atoms with E-state index in [0.29, 0.717) is 11.6 Å². The summed E-state index contributed by atoms with van der Waals surface area (Å²) < 4.78 is 0. The Bertz CT molecular complexity index is 947. The van der Waals surface area contributed by atoms with Crippen LogP contribution in [0.25, 0.3) is 22.2 Å². The van der Waals surface area contributed by atoms with Crippen LogP contribution in [0.4, 0.5) is 0 Å². The summed E-state index contributed by atoms with van der Waals surface area (Å²) in [6, 6.07) is 16.0. The Morgan fingerprint density at radius 1 is 1.00 bits per heavy atom. The van der Waals surface area contributed by atoms with Gasteiger partial charge in [-0.3, -0.25) is 0 Å². The number of hydrogen-bond donors (Lipinski definition) is 1. The highest BCUT2D eigenvalue weighted by Crippen LogP contribution is 2.31. The second kappa shape index (κ2) is 10.9. The van der Waals surface area contributed by atoms with Gasteiger partial charge in [-0.2, -0.15) is 0 Å². The van der Waals surface area contributed by atoms with Crippen molar-refractivity contribution in [2.24, 2.45) is 0 Å². The molecule has 0 spiro atoms. The number of halogens is 1. The molecule has 30 heavy (non-hydrogen) atoms. The number of para-hydroxylation sites is 1. The zero-order valence-electron chi connectivity index (χ0n) is 18.4. The van der Waals surface area contributed by atoms with E-state index in [2.05, 4.69) is 37.8 Å². The van der Waals surface area contributed by atoms with Gasteiger partial charge in [-0.25, -0.2) is 4.98 Å². The number of benzene rings is 2. The third-order valence-electron chi connectivity index (χ3n) is 5.66. The zero-order chi connectivity index (χ0) is 21.5. The number of fused-ring (bicyclic) bond motifs is 1. The Morgan fingerprint density at radius 3 is 2.30 bits per heavy atom. The van der Waals surface area contributed by atoms with Gasteiger partial charge in [-0.1, -0.05) is 68.6 Å². The summed E-state index contributed by atoms with van der Waals surface area (Å²) in [7, 11) is 0. The molecule has 3 nitrogen and oxygen atoms in total. The Labute approximate surface area is 185 Å². The molecular weight excluding hydrogens is 392 g/mol. The van der Waals surface area contributed by atoms with Crippen LogP contribution >= 0.6 is 11.6 Å². The van der Waals surface area contributed by atoms with Crippen molar-refractivity contribution in [1.82, 2.24) is 9.88 Å². The molecule has 0 aliphatic heterocycles. The van der Waals surface area contributed by atoms with Crippen LogP contribution in [0.5, 0.6) is 0 Å². The number of aliphatic hydroxyl groups is 1. The molecule has 3 rings (SSSR count). The van der Waals surface area contributed by atoms with Gasteiger partial charge < -0.3 is 10.0 Å². The topological polar surface area (TPSA) is 36.4 Å². The summed E-state index contributed by atoms with van der Waals surface area (Å²) >= 11 is 6.08. The van der Waals surface area contributed by atoms with Gasteiger partial charge in [0.25, 0.3) is 0 Å². The fourth-order valence-electron chi connectivity index (χ4n) is 3.86. The summed E-state index contributed by atoms with van der Waals surface area (Å²) in [6.45, 7) is 9.20. The predicted octanol–water partition coefficient (Wildman–Crippen LogP) is 6.80. The van der Waals surface area contributed by atoms with E-state index in [0.717, 1.165) is 72.1 Å². The minimum absolute atomic E-state index is 0.558. The Hall–Kier alpha value is -1.94. The van der Waals surface area contributed by atoms with Gasteiger partial charge in [0, 0.05) is 22.5 Å². The van der Waals surface area contributed by atoms with Crippen LogP contribution in [0, 0.1) is 6.92 Å². The average molecular weight is 425 g/mol. The van der Waals surface area contributed by atoms with Crippen molar-refractivity contribution in [3.05, 3.63) is 64.7 Å². The van der Waals surface area contributed by atoms with Crippen molar-refractivity contribution >= 4 is 22.5 Å². The number of aryl methyl sites for hydroxylation is 1. The molecule has 0 aliphatic rings. The molecule has 1 aromatic heterocycles. The van der Waals surface area contributed by atoms with E-state index in [1.54, 1.807) is 0 Å². The van der Waals surface area contributed by atoms with E-state index >= 15 is 0 Å². The van der Waals surface area contributed by atoms with Crippen LogP contribution in [0.1, 0.15) is 56.8 Å². The Balaban J connectivity index is 2.00. The second-order valence-electron chi connectivity index (χ2n) is 8.10. The summed E-state index contributed by atoms with van der Waals surface area (Å²) in [5, 5.41) is 13.0. The lowest BCUT2D eigenvalue weighted by atomic mass is 9.98. The highest BCUT2D eigenvalue weighted by atomic mass is 35.5. The van der Waals surface area contributed by atoms with Gasteiger partial charge in [0.15, 0.2) is 0 Å². The lowest BCUT2D eigenvalue weighted by Gasteiger charge is -2.26. The maximum atomic E-state index is 11.3. The fraction of sp³-hybridized carbons (Fsp3) is 0.423. The first-order valence-electron chi connectivity index (χ1n) is 11.1. The number of nitrogens with zero attached hydrogens (tertiary/aromatic N) is 2. The molecule has 0 saturated carbocycles. The van der Waals surface area contributed by atoms with E-state index in [-0.39, 0.29) is 0 Å². The minimum atomic E-state index is -0.558. The van der Waals surface area contributed by atoms with Crippen molar-refractivity contribution in [2.75, 3.05) is 19.6 Å². The highest BCUT2D eigenvalue weighted by Gasteiger charge is 2.18. The van der Waals surface area contributed by atoms with Gasteiger partial charge in [0.2, 0.25) is 0 Å². The van der Waals surface area contributed by atoms with Crippen LogP contribution < -0.4 is 0 Å². The minimum Gasteiger partial charge on any atom is -0.387 e. The maximum Gasteiger partial charge on any atom is 0.0924 e. The van der Waals surface area contributed by atoms with E-state index in [1.807, 2.05) is 36.4 Å². The van der Waals surface area contributed by atoms with Crippen molar-refractivity contribution in [3.8, 4) is 11.3 Å². The number of pyridine rings is 1. The number of aliphatic hydroxyl groups excluding tert-OH is 1. The molecule has 1 atom stereocenters. The molecule has 160 valence electrons. The molecule has 3 aromatic rings. The van der Waals surface area contributed by atoms with Crippen molar-refractivity contribution in [3.63, 3.8) is 0 Å². The molecule has 0 fully saturated rings. The van der Waals surface area contributed by atoms with Crippen molar-refractivity contribution in [2.45, 2.75) is 52.6 Å². The Morgan fingerprint density at radius 2 is 1.67 bits per heavy atom. The summed E-state index contributed by atoms with van der Waals surface area (Å²) in [6.07, 6.45) is 4.08. The van der Waals surface area contributed by atoms with Gasteiger partial charge in [0.1, 0.15) is 0 Å². The van der Waals surface area contributed by atoms with E-state index in [1.165, 1.54) is 0 Å². The first-order chi connectivity index (χ1) is 14.5. The third-order valence-corrected chi connectivity index (χ3v) is 5.91. The molecule has 0 amide bonds. The fourth-order valence-corrected chi connectivity index (χ4v) is 3.99. The standard InChI is InChI=1S/C26H33ClN2O/c1-4-6-15-29(16-7-5-2)18-25(30)23-17-24(20-11-13-21(27)14-12-20)28-26-19(3)9-8-10-22(23)26/h8-14,17,25,30H,4-7,15-16,18H2,1-3H3/t25-/m1/s1. The average Bonchev–Trinajstić information content (AvgIpc) is 2.75. The smallest absolute Gasteiger partial charge is 0.0924 e. The first kappa shape index (κ1) is 22.7. The summed E-state index contributed by atoms with van der Waals surface area (Å²) in [5.74, 6) is 0. The van der Waals surface area contributed by atoms with Crippen molar-refractivity contribution in [1.29, 1.82) is 0 Å². The van der Waals surface area contributed by atoms with Crippen LogP contribution in [0.3, 0.4) is 0 Å². The molecule has 1 heterocycles. The lowest BCUT2D eigenvalue weighted by Crippen LogP contribution is -2.31. The molecule has 0 aliphatic carbocycles. The first-order valence-corrected chi connectivity index (χ1v) is 11.5. The van der Waals surface area contributed by atoms with E-state index in [4.69, 9.17) is 16.6 Å². The predicted molar refractivity (Wildman–Crippen MR) is 128 cm³/mol. The molecule has 1 N–H and O–H groups in total. The molecule has 0 saturated heterocycles. The van der Waals surface area contributed by atoms with Crippen LogP contribution in [0.2, 0.25) is 5.02 Å². The maximum absolute atomic E-state index is 11.3. The lowest BCUT2D eigenvalue weighted by molar-refractivity contribution is 0.112. The second-order valence-corrected chi connectivity index (χ2v) is 8.53. The van der Waals surface area contributed by atoms with Gasteiger partial charge in [0.05, 0.1) is 17.3 Å². The number of hydrogen-bond acceptors (Lipinski definition) is 3. The molecule has 4 heteroatoms. The van der Waals surface area contributed by atoms with Crippen LogP contribution in [-0.4, -0.2) is 34.6 Å². The number of rotatable bonds is 10. The summed E-state index contributed by atoms with van der Waals surface area (Å²) in [4.78, 5) is 7.33. The number of unbranched alkanes of at least 4 members (excludes halogenated alkanes) is 2. The monoisotopic (exact) mass is 424 g/mol. The zero-order valence-corrected chi connectivity index (χ0v) is 19.1. The largest absolute Gasteiger partial charge is 0.387 e. The molecular formula is C26H33ClN2O. The van der Waals surface area contributed by atoms with Gasteiger partial charge in [-0.05, 0) is 62.2 Å². The van der Waals surface area contributed by atoms with Crippen LogP contribution in [-0.2, 0) is 0 Å². The third kappa shape index (κ3) is 5.60. The van der Waals surface area contributed by atoms with Gasteiger partial charge in [-0.15, -0.1) is 0 Å².